The van der Waals surface area contributed by atoms with E-state index in [-0.39, 0.29) is 5.56 Å². The molecule has 106 valence electrons. The molecule has 1 aromatic heterocycles. The summed E-state index contributed by atoms with van der Waals surface area (Å²) in [7, 11) is 0. The Morgan fingerprint density at radius 3 is 2.81 bits per heavy atom. The molecule has 6 heteroatoms. The fraction of sp³-hybridized carbons (Fsp3) is 0.0667. The first-order valence-corrected chi connectivity index (χ1v) is 6.98. The molecule has 0 aliphatic carbocycles. The topological polar surface area (TPSA) is 42.0 Å². The van der Waals surface area contributed by atoms with Crippen LogP contribution in [0.15, 0.2) is 36.4 Å². The van der Waals surface area contributed by atoms with Gasteiger partial charge in [0.15, 0.2) is 0 Å². The second-order valence-electron chi connectivity index (χ2n) is 4.49. The summed E-state index contributed by atoms with van der Waals surface area (Å²) in [6.45, 7) is 1.89. The van der Waals surface area contributed by atoms with E-state index in [0.29, 0.717) is 5.69 Å². The van der Waals surface area contributed by atoms with Crippen LogP contribution < -0.4 is 5.32 Å². The van der Waals surface area contributed by atoms with Gasteiger partial charge < -0.3 is 5.32 Å². The molecule has 1 amide bonds. The Morgan fingerprint density at radius 1 is 1.19 bits per heavy atom. The number of aryl methyl sites for hydroxylation is 1. The number of anilines is 1. The Bertz CT molecular complexity index is 845. The number of nitrogens with one attached hydrogen (secondary N) is 1. The summed E-state index contributed by atoms with van der Waals surface area (Å²) < 4.78 is 27.6. The summed E-state index contributed by atoms with van der Waals surface area (Å²) >= 11 is 1.50. The van der Waals surface area contributed by atoms with Crippen LogP contribution in [0.4, 0.5) is 14.5 Å². The molecule has 0 unspecified atom stereocenters. The summed E-state index contributed by atoms with van der Waals surface area (Å²) in [4.78, 5) is 16.3. The van der Waals surface area contributed by atoms with E-state index >= 15 is 0 Å². The highest BCUT2D eigenvalue weighted by atomic mass is 32.1. The average Bonchev–Trinajstić information content (AvgIpc) is 2.80. The zero-order valence-corrected chi connectivity index (χ0v) is 11.8. The minimum Gasteiger partial charge on any atom is -0.322 e. The van der Waals surface area contributed by atoms with Crippen LogP contribution in [-0.4, -0.2) is 10.9 Å². The number of rotatable bonds is 2. The van der Waals surface area contributed by atoms with Crippen LogP contribution >= 0.6 is 11.3 Å². The second-order valence-corrected chi connectivity index (χ2v) is 5.73. The van der Waals surface area contributed by atoms with E-state index in [1.807, 2.05) is 6.92 Å². The molecular weight excluding hydrogens is 294 g/mol. The molecule has 0 atom stereocenters. The van der Waals surface area contributed by atoms with Crippen molar-refractivity contribution in [3.63, 3.8) is 0 Å². The Balaban J connectivity index is 1.90. The maximum absolute atomic E-state index is 13.5. The van der Waals surface area contributed by atoms with E-state index in [1.54, 1.807) is 18.2 Å². The number of aromatic nitrogens is 1. The Hall–Kier alpha value is -2.34. The van der Waals surface area contributed by atoms with Gasteiger partial charge in [0.05, 0.1) is 20.8 Å². The first-order valence-electron chi connectivity index (χ1n) is 6.16. The van der Waals surface area contributed by atoms with Crippen LogP contribution in [-0.2, 0) is 0 Å². The number of hydrogen-bond acceptors (Lipinski definition) is 3. The van der Waals surface area contributed by atoms with Crippen LogP contribution in [0.5, 0.6) is 0 Å². The predicted molar refractivity (Wildman–Crippen MR) is 78.7 cm³/mol. The van der Waals surface area contributed by atoms with Gasteiger partial charge in [-0.25, -0.2) is 13.8 Å². The van der Waals surface area contributed by atoms with Gasteiger partial charge in [-0.15, -0.1) is 11.3 Å². The molecule has 0 aliphatic heterocycles. The van der Waals surface area contributed by atoms with Gasteiger partial charge in [-0.1, -0.05) is 0 Å². The lowest BCUT2D eigenvalue weighted by Crippen LogP contribution is -2.14. The first kappa shape index (κ1) is 13.6. The van der Waals surface area contributed by atoms with Crippen LogP contribution in [0.3, 0.4) is 0 Å². The third-order valence-corrected chi connectivity index (χ3v) is 3.86. The van der Waals surface area contributed by atoms with E-state index in [4.69, 9.17) is 0 Å². The number of nitrogens with zero attached hydrogens (tertiary/aromatic N) is 1. The zero-order chi connectivity index (χ0) is 15.0. The van der Waals surface area contributed by atoms with Crippen LogP contribution in [0.1, 0.15) is 15.4 Å². The number of amides is 1. The molecule has 1 heterocycles. The molecule has 0 saturated carbocycles. The second kappa shape index (κ2) is 5.21. The normalized spacial score (nSPS) is 10.8. The highest BCUT2D eigenvalue weighted by Gasteiger charge is 2.13. The number of carbonyl (C=O) groups is 1. The fourth-order valence-corrected chi connectivity index (χ4v) is 2.85. The molecule has 0 aliphatic rings. The quantitative estimate of drug-likeness (QED) is 0.773. The van der Waals surface area contributed by atoms with Crippen molar-refractivity contribution in [1.82, 2.24) is 4.98 Å². The van der Waals surface area contributed by atoms with Crippen molar-refractivity contribution in [2.24, 2.45) is 0 Å². The molecule has 0 bridgehead atoms. The third-order valence-electron chi connectivity index (χ3n) is 2.93. The maximum atomic E-state index is 13.5. The van der Waals surface area contributed by atoms with Crippen LogP contribution in [0.25, 0.3) is 10.2 Å². The van der Waals surface area contributed by atoms with Gasteiger partial charge in [0, 0.05) is 5.69 Å². The van der Waals surface area contributed by atoms with Crippen LogP contribution in [0, 0.1) is 18.6 Å². The highest BCUT2D eigenvalue weighted by molar-refractivity contribution is 7.18. The van der Waals surface area contributed by atoms with E-state index in [1.165, 1.54) is 11.3 Å². The first-order chi connectivity index (χ1) is 10.0. The zero-order valence-electron chi connectivity index (χ0n) is 11.0. The highest BCUT2D eigenvalue weighted by Crippen LogP contribution is 2.25. The van der Waals surface area contributed by atoms with Crippen molar-refractivity contribution in [1.29, 1.82) is 0 Å². The van der Waals surface area contributed by atoms with Crippen molar-refractivity contribution in [2.75, 3.05) is 5.32 Å². The SMILES string of the molecule is Cc1nc2ccc(NC(=O)c3cc(F)ccc3F)cc2s1. The van der Waals surface area contributed by atoms with Crippen molar-refractivity contribution in [3.05, 3.63) is 58.6 Å². The lowest BCUT2D eigenvalue weighted by Gasteiger charge is -2.06. The average molecular weight is 304 g/mol. The number of halogens is 2. The van der Waals surface area contributed by atoms with Gasteiger partial charge in [-0.2, -0.15) is 0 Å². The molecule has 3 nitrogen and oxygen atoms in total. The van der Waals surface area contributed by atoms with Gasteiger partial charge in [0.1, 0.15) is 11.6 Å². The monoisotopic (exact) mass is 304 g/mol. The van der Waals surface area contributed by atoms with Gasteiger partial charge in [0.2, 0.25) is 0 Å². The molecule has 0 radical (unpaired) electrons. The molecule has 21 heavy (non-hydrogen) atoms. The predicted octanol–water partition coefficient (Wildman–Crippen LogP) is 4.14. The van der Waals surface area contributed by atoms with Crippen molar-refractivity contribution >= 4 is 33.1 Å². The van der Waals surface area contributed by atoms with Gasteiger partial charge >= 0.3 is 0 Å². The largest absolute Gasteiger partial charge is 0.322 e. The van der Waals surface area contributed by atoms with E-state index < -0.39 is 17.5 Å². The van der Waals surface area contributed by atoms with Crippen molar-refractivity contribution < 1.29 is 13.6 Å². The fourth-order valence-electron chi connectivity index (χ4n) is 1.99. The Morgan fingerprint density at radius 2 is 2.00 bits per heavy atom. The van der Waals surface area contributed by atoms with Crippen molar-refractivity contribution in [3.8, 4) is 0 Å². The molecule has 3 rings (SSSR count). The molecule has 0 spiro atoms. The molecule has 3 aromatic rings. The van der Waals surface area contributed by atoms with Gasteiger partial charge in [0.25, 0.3) is 5.91 Å². The summed E-state index contributed by atoms with van der Waals surface area (Å²) in [6.07, 6.45) is 0. The van der Waals surface area contributed by atoms with E-state index in [0.717, 1.165) is 33.4 Å². The van der Waals surface area contributed by atoms with Gasteiger partial charge in [-0.3, -0.25) is 4.79 Å². The molecule has 1 N–H and O–H groups in total. The molecular formula is C15H10F2N2OS. The van der Waals surface area contributed by atoms with Gasteiger partial charge in [-0.05, 0) is 43.3 Å². The lowest BCUT2D eigenvalue weighted by atomic mass is 10.2. The summed E-state index contributed by atoms with van der Waals surface area (Å²) in [5.74, 6) is -2.11. The number of benzene rings is 2. The van der Waals surface area contributed by atoms with E-state index in [2.05, 4.69) is 10.3 Å². The minimum atomic E-state index is -0.761. The van der Waals surface area contributed by atoms with E-state index in [9.17, 15) is 13.6 Å². The maximum Gasteiger partial charge on any atom is 0.258 e. The molecule has 0 saturated heterocycles. The summed E-state index contributed by atoms with van der Waals surface area (Å²) in [5.41, 5.74) is 1.03. The molecule has 2 aromatic carbocycles. The number of carbonyl (C=O) groups excluding carboxylic acids is 1. The van der Waals surface area contributed by atoms with Crippen LogP contribution in [0.2, 0.25) is 0 Å². The summed E-state index contributed by atoms with van der Waals surface area (Å²) in [5, 5.41) is 3.48. The Kier molecular flexibility index (Phi) is 3.39. The standard InChI is InChI=1S/C15H10F2N2OS/c1-8-18-13-5-3-10(7-14(13)21-8)19-15(20)11-6-9(16)2-4-12(11)17/h2-7H,1H3,(H,19,20). The Labute approximate surface area is 123 Å². The third kappa shape index (κ3) is 2.75. The molecule has 0 fully saturated rings. The number of hydrogen-bond donors (Lipinski definition) is 1. The lowest BCUT2D eigenvalue weighted by molar-refractivity contribution is 0.102. The summed E-state index contributed by atoms with van der Waals surface area (Å²) in [6, 6.07) is 7.99. The number of fused-ring (bicyclic) bond motifs is 1. The van der Waals surface area contributed by atoms with Crippen molar-refractivity contribution in [2.45, 2.75) is 6.92 Å². The number of thiazole rings is 1. The minimum absolute atomic E-state index is 0.324. The smallest absolute Gasteiger partial charge is 0.258 e.